The highest BCUT2D eigenvalue weighted by atomic mass is 32.2. The summed E-state index contributed by atoms with van der Waals surface area (Å²) in [5.74, 6) is 1.52. The third-order valence-electron chi connectivity index (χ3n) is 4.17. The molecule has 0 spiro atoms. The van der Waals surface area contributed by atoms with Crippen LogP contribution in [-0.4, -0.2) is 23.6 Å². The molecule has 1 aromatic rings. The number of nitrogens with two attached hydrogens (primary N) is 1. The molecule has 2 heterocycles. The molecule has 1 aromatic carbocycles. The molecule has 0 radical (unpaired) electrons. The Labute approximate surface area is 118 Å². The van der Waals surface area contributed by atoms with Crippen LogP contribution in [0, 0.1) is 12.8 Å². The van der Waals surface area contributed by atoms with Gasteiger partial charge < -0.3 is 10.5 Å². The highest BCUT2D eigenvalue weighted by molar-refractivity contribution is 8.13. The molecular weight excluding hydrogens is 256 g/mol. The number of hydrogen-bond donors (Lipinski definition) is 1. The molecule has 3 nitrogen and oxygen atoms in total. The first-order valence-corrected chi connectivity index (χ1v) is 7.74. The fraction of sp³-hybridized carbons (Fsp3) is 0.533. The van der Waals surface area contributed by atoms with Gasteiger partial charge in [0, 0.05) is 5.75 Å². The first kappa shape index (κ1) is 13.0. The summed E-state index contributed by atoms with van der Waals surface area (Å²) in [6, 6.07) is 8.57. The van der Waals surface area contributed by atoms with Gasteiger partial charge in [0.2, 0.25) is 0 Å². The molecule has 3 atom stereocenters. The first-order valence-electron chi connectivity index (χ1n) is 6.76. The van der Waals surface area contributed by atoms with Crippen LogP contribution in [0.5, 0.6) is 0 Å². The van der Waals surface area contributed by atoms with Crippen molar-refractivity contribution in [3.63, 3.8) is 0 Å². The largest absolute Gasteiger partial charge is 0.379 e. The minimum Gasteiger partial charge on any atom is -0.379 e. The smallest absolute Gasteiger partial charge is 0.154 e. The summed E-state index contributed by atoms with van der Waals surface area (Å²) < 4.78 is 5.99. The van der Waals surface area contributed by atoms with Gasteiger partial charge >= 0.3 is 0 Å². The highest BCUT2D eigenvalue weighted by Crippen LogP contribution is 2.43. The molecule has 2 bridgehead atoms. The Balaban J connectivity index is 2.06. The Kier molecular flexibility index (Phi) is 3.31. The average Bonchev–Trinajstić information content (AvgIpc) is 2.53. The van der Waals surface area contributed by atoms with Gasteiger partial charge in [-0.1, -0.05) is 41.6 Å². The maximum atomic E-state index is 6.05. The molecule has 1 unspecified atom stereocenters. The van der Waals surface area contributed by atoms with Crippen molar-refractivity contribution in [1.82, 2.24) is 0 Å². The number of fused-ring (bicyclic) bond motifs is 2. The number of aryl methyl sites for hydroxylation is 1. The Morgan fingerprint density at radius 3 is 3.11 bits per heavy atom. The van der Waals surface area contributed by atoms with E-state index < -0.39 is 0 Å². The normalized spacial score (nSPS) is 34.5. The molecular formula is C15H20N2OS. The lowest BCUT2D eigenvalue weighted by Gasteiger charge is -2.40. The van der Waals surface area contributed by atoms with Crippen molar-refractivity contribution in [2.45, 2.75) is 31.9 Å². The van der Waals surface area contributed by atoms with E-state index in [-0.39, 0.29) is 5.54 Å². The van der Waals surface area contributed by atoms with Crippen LogP contribution in [0.3, 0.4) is 0 Å². The quantitative estimate of drug-likeness (QED) is 0.858. The average molecular weight is 276 g/mol. The third-order valence-corrected chi connectivity index (χ3v) is 5.16. The highest BCUT2D eigenvalue weighted by Gasteiger charge is 2.43. The number of thioether (sulfide) groups is 1. The molecule has 0 aromatic heterocycles. The third kappa shape index (κ3) is 2.39. The van der Waals surface area contributed by atoms with E-state index >= 15 is 0 Å². The number of benzene rings is 1. The second-order valence-corrected chi connectivity index (χ2v) is 6.68. The Morgan fingerprint density at radius 1 is 1.47 bits per heavy atom. The van der Waals surface area contributed by atoms with E-state index in [9.17, 15) is 0 Å². The second kappa shape index (κ2) is 4.84. The van der Waals surface area contributed by atoms with Crippen LogP contribution in [0.2, 0.25) is 0 Å². The van der Waals surface area contributed by atoms with Gasteiger partial charge in [-0.3, -0.25) is 0 Å². The van der Waals surface area contributed by atoms with E-state index in [0.717, 1.165) is 12.2 Å². The van der Waals surface area contributed by atoms with Gasteiger partial charge in [-0.15, -0.1) is 0 Å². The maximum absolute atomic E-state index is 6.05. The van der Waals surface area contributed by atoms with Crippen LogP contribution >= 0.6 is 11.8 Å². The number of nitrogens with zero attached hydrogens (tertiary/aromatic N) is 1. The molecule has 2 aliphatic rings. The van der Waals surface area contributed by atoms with Crippen molar-refractivity contribution in [3.8, 4) is 0 Å². The Bertz CT molecular complexity index is 517. The number of rotatable bonds is 1. The lowest BCUT2D eigenvalue weighted by molar-refractivity contribution is -0.0502. The van der Waals surface area contributed by atoms with Gasteiger partial charge in [0.1, 0.15) is 5.54 Å². The summed E-state index contributed by atoms with van der Waals surface area (Å²) in [4.78, 5) is 4.81. The SMILES string of the molecule is Cc1cccc(C23CO[C@H](C)[C@H](CSC(N)=N2)C3)c1. The molecule has 1 fully saturated rings. The van der Waals surface area contributed by atoms with Crippen LogP contribution in [0.25, 0.3) is 0 Å². The molecule has 4 heteroatoms. The van der Waals surface area contributed by atoms with E-state index in [1.54, 1.807) is 11.8 Å². The van der Waals surface area contributed by atoms with Crippen LogP contribution in [0.1, 0.15) is 24.5 Å². The summed E-state index contributed by atoms with van der Waals surface area (Å²) in [6.07, 6.45) is 1.33. The van der Waals surface area contributed by atoms with Gasteiger partial charge in [0.25, 0.3) is 0 Å². The molecule has 0 aliphatic carbocycles. The molecule has 2 N–H and O–H groups in total. The van der Waals surface area contributed by atoms with Crippen LogP contribution in [0.15, 0.2) is 29.3 Å². The summed E-state index contributed by atoms with van der Waals surface area (Å²) >= 11 is 1.66. The number of hydrogen-bond acceptors (Lipinski definition) is 4. The lowest BCUT2D eigenvalue weighted by Crippen LogP contribution is -2.43. The monoisotopic (exact) mass is 276 g/mol. The predicted octanol–water partition coefficient (Wildman–Crippen LogP) is 2.68. The fourth-order valence-electron chi connectivity index (χ4n) is 2.97. The van der Waals surface area contributed by atoms with Gasteiger partial charge in [0.05, 0.1) is 12.7 Å². The van der Waals surface area contributed by atoms with Gasteiger partial charge in [-0.05, 0) is 31.7 Å². The summed E-state index contributed by atoms with van der Waals surface area (Å²) in [5.41, 5.74) is 8.26. The van der Waals surface area contributed by atoms with Crippen molar-refractivity contribution >= 4 is 16.9 Å². The van der Waals surface area contributed by atoms with Crippen LogP contribution < -0.4 is 5.73 Å². The van der Waals surface area contributed by atoms with E-state index in [1.165, 1.54) is 11.1 Å². The van der Waals surface area contributed by atoms with Crippen molar-refractivity contribution in [1.29, 1.82) is 0 Å². The van der Waals surface area contributed by atoms with Crippen LogP contribution in [0.4, 0.5) is 0 Å². The molecule has 19 heavy (non-hydrogen) atoms. The van der Waals surface area contributed by atoms with Gasteiger partial charge in [-0.25, -0.2) is 4.99 Å². The zero-order valence-electron chi connectivity index (χ0n) is 11.4. The van der Waals surface area contributed by atoms with Crippen molar-refractivity contribution < 1.29 is 4.74 Å². The number of aliphatic imine (C=N–C) groups is 1. The maximum Gasteiger partial charge on any atom is 0.154 e. The minimum atomic E-state index is -0.281. The molecule has 2 aliphatic heterocycles. The second-order valence-electron chi connectivity index (χ2n) is 5.64. The number of amidine groups is 1. The summed E-state index contributed by atoms with van der Waals surface area (Å²) in [5, 5.41) is 0.696. The first-order chi connectivity index (χ1) is 9.09. The molecule has 3 rings (SSSR count). The van der Waals surface area contributed by atoms with E-state index in [2.05, 4.69) is 38.1 Å². The molecule has 1 saturated heterocycles. The van der Waals surface area contributed by atoms with E-state index in [4.69, 9.17) is 15.5 Å². The molecule has 0 saturated carbocycles. The summed E-state index contributed by atoms with van der Waals surface area (Å²) in [7, 11) is 0. The van der Waals surface area contributed by atoms with Gasteiger partial charge in [0.15, 0.2) is 5.17 Å². The lowest BCUT2D eigenvalue weighted by atomic mass is 9.79. The predicted molar refractivity (Wildman–Crippen MR) is 80.5 cm³/mol. The van der Waals surface area contributed by atoms with Crippen LogP contribution in [-0.2, 0) is 10.3 Å². The van der Waals surface area contributed by atoms with Crippen molar-refractivity contribution in [2.75, 3.05) is 12.4 Å². The van der Waals surface area contributed by atoms with E-state index in [0.29, 0.717) is 23.8 Å². The Morgan fingerprint density at radius 2 is 2.32 bits per heavy atom. The molecule has 0 amide bonds. The van der Waals surface area contributed by atoms with Crippen molar-refractivity contribution in [2.24, 2.45) is 16.6 Å². The Hall–Kier alpha value is -1.00. The topological polar surface area (TPSA) is 47.6 Å². The minimum absolute atomic E-state index is 0.281. The van der Waals surface area contributed by atoms with E-state index in [1.807, 2.05) is 0 Å². The zero-order valence-corrected chi connectivity index (χ0v) is 12.2. The van der Waals surface area contributed by atoms with Crippen molar-refractivity contribution in [3.05, 3.63) is 35.4 Å². The zero-order chi connectivity index (χ0) is 13.5. The number of ether oxygens (including phenoxy) is 1. The van der Waals surface area contributed by atoms with Gasteiger partial charge in [-0.2, -0.15) is 0 Å². The summed E-state index contributed by atoms with van der Waals surface area (Å²) in [6.45, 7) is 4.91. The standard InChI is InChI=1S/C15H20N2OS/c1-10-4-3-5-13(6-10)15-7-12(11(2)18-9-15)8-19-14(16)17-15/h3-6,11-12H,7-9H2,1-2H3,(H2,16,17)/t11-,12+,15?/m1/s1. The molecule has 102 valence electrons. The fourth-order valence-corrected chi connectivity index (χ4v) is 3.99.